The Morgan fingerprint density at radius 3 is 2.90 bits per heavy atom. The number of aromatic amines is 1. The van der Waals surface area contributed by atoms with E-state index in [1.165, 1.54) is 16.2 Å². The predicted molar refractivity (Wildman–Crippen MR) is 128 cm³/mol. The van der Waals surface area contributed by atoms with Crippen molar-refractivity contribution in [1.82, 2.24) is 9.97 Å². The van der Waals surface area contributed by atoms with Crippen LogP contribution in [0.3, 0.4) is 0 Å². The molecular formula is C23H20N2O3S3. The van der Waals surface area contributed by atoms with E-state index in [1.54, 1.807) is 22.7 Å². The quantitative estimate of drug-likeness (QED) is 0.309. The van der Waals surface area contributed by atoms with Gasteiger partial charge in [-0.05, 0) is 59.7 Å². The number of H-pyrrole nitrogens is 1. The normalized spacial score (nSPS) is 16.4. The highest BCUT2D eigenvalue weighted by molar-refractivity contribution is 7.18. The summed E-state index contributed by atoms with van der Waals surface area (Å²) in [6, 6.07) is 7.70. The number of carbonyl (C=O) groups excluding carboxylic acids is 1. The lowest BCUT2D eigenvalue weighted by Crippen LogP contribution is -2.16. The fourth-order valence-electron chi connectivity index (χ4n) is 3.85. The second-order valence-electron chi connectivity index (χ2n) is 7.67. The summed E-state index contributed by atoms with van der Waals surface area (Å²) in [5, 5.41) is 4.60. The van der Waals surface area contributed by atoms with Crippen LogP contribution in [0.2, 0.25) is 0 Å². The van der Waals surface area contributed by atoms with Crippen LogP contribution in [0.1, 0.15) is 39.4 Å². The van der Waals surface area contributed by atoms with Gasteiger partial charge in [0.1, 0.15) is 17.3 Å². The van der Waals surface area contributed by atoms with Gasteiger partial charge in [0.2, 0.25) is 0 Å². The van der Waals surface area contributed by atoms with Crippen molar-refractivity contribution in [1.29, 1.82) is 0 Å². The van der Waals surface area contributed by atoms with Crippen LogP contribution in [0.4, 0.5) is 0 Å². The van der Waals surface area contributed by atoms with Crippen molar-refractivity contribution in [3.05, 3.63) is 71.4 Å². The molecule has 5 nitrogen and oxygen atoms in total. The van der Waals surface area contributed by atoms with Crippen LogP contribution in [-0.2, 0) is 29.0 Å². The molecule has 0 amide bonds. The van der Waals surface area contributed by atoms with E-state index in [-0.39, 0.29) is 12.2 Å². The third-order valence-corrected chi connectivity index (χ3v) is 8.26. The van der Waals surface area contributed by atoms with E-state index < -0.39 is 5.97 Å². The molecular weight excluding hydrogens is 448 g/mol. The van der Waals surface area contributed by atoms with E-state index in [9.17, 15) is 9.59 Å². The number of hydrogen-bond donors (Lipinski definition) is 1. The molecule has 0 fully saturated rings. The van der Waals surface area contributed by atoms with Crippen molar-refractivity contribution in [2.24, 2.45) is 5.92 Å². The van der Waals surface area contributed by atoms with Gasteiger partial charge in [-0.2, -0.15) is 0 Å². The number of ether oxygens (including phenoxy) is 1. The highest BCUT2D eigenvalue weighted by Gasteiger charge is 2.23. The lowest BCUT2D eigenvalue weighted by Gasteiger charge is -2.17. The van der Waals surface area contributed by atoms with Gasteiger partial charge < -0.3 is 9.72 Å². The van der Waals surface area contributed by atoms with Crippen LogP contribution in [-0.4, -0.2) is 15.9 Å². The van der Waals surface area contributed by atoms with Crippen LogP contribution in [0.5, 0.6) is 0 Å². The summed E-state index contributed by atoms with van der Waals surface area (Å²) in [6.45, 7) is 2.17. The van der Waals surface area contributed by atoms with E-state index in [0.717, 1.165) is 39.4 Å². The zero-order chi connectivity index (χ0) is 21.4. The summed E-state index contributed by atoms with van der Waals surface area (Å²) >= 11 is 4.64. The highest BCUT2D eigenvalue weighted by atomic mass is 32.1. The maximum absolute atomic E-state index is 12.9. The molecule has 8 heteroatoms. The monoisotopic (exact) mass is 468 g/mol. The van der Waals surface area contributed by atoms with Crippen molar-refractivity contribution in [2.75, 3.05) is 0 Å². The number of rotatable bonds is 5. The molecule has 1 aliphatic carbocycles. The summed E-state index contributed by atoms with van der Waals surface area (Å²) in [7, 11) is 0. The first-order chi connectivity index (χ1) is 15.1. The maximum atomic E-state index is 12.9. The first kappa shape index (κ1) is 20.4. The molecule has 0 aliphatic heterocycles. The fourth-order valence-corrected chi connectivity index (χ4v) is 6.64. The van der Waals surface area contributed by atoms with Crippen LogP contribution in [0.25, 0.3) is 21.9 Å². The summed E-state index contributed by atoms with van der Waals surface area (Å²) in [5.74, 6) is 0.572. The molecule has 0 aromatic carbocycles. The van der Waals surface area contributed by atoms with E-state index >= 15 is 0 Å². The third kappa shape index (κ3) is 4.15. The van der Waals surface area contributed by atoms with Gasteiger partial charge in [0.05, 0.1) is 11.0 Å². The molecule has 4 aromatic heterocycles. The molecule has 0 bridgehead atoms. The van der Waals surface area contributed by atoms with Gasteiger partial charge in [-0.3, -0.25) is 4.79 Å². The van der Waals surface area contributed by atoms with Crippen LogP contribution >= 0.6 is 34.0 Å². The van der Waals surface area contributed by atoms with Crippen molar-refractivity contribution in [3.63, 3.8) is 0 Å². The fraction of sp³-hybridized carbons (Fsp3) is 0.261. The second-order valence-corrected chi connectivity index (χ2v) is 10.7. The van der Waals surface area contributed by atoms with Crippen LogP contribution in [0, 0.1) is 5.92 Å². The number of thiophene rings is 3. The number of hydrogen-bond acceptors (Lipinski definition) is 7. The Morgan fingerprint density at radius 1 is 1.29 bits per heavy atom. The molecule has 4 heterocycles. The minimum absolute atomic E-state index is 0.0733. The zero-order valence-corrected chi connectivity index (χ0v) is 19.3. The van der Waals surface area contributed by atoms with Gasteiger partial charge in [0, 0.05) is 14.6 Å². The number of nitrogens with zero attached hydrogens (tertiary/aromatic N) is 1. The SMILES string of the molecule is CC1CCc2c(sc3nc(COC(=O)/C(=C/c4cccs4)c4cccs4)[nH]c(=O)c23)C1. The molecule has 1 N–H and O–H groups in total. The molecule has 0 saturated carbocycles. The Balaban J connectivity index is 1.40. The van der Waals surface area contributed by atoms with Crippen molar-refractivity contribution in [2.45, 2.75) is 32.8 Å². The minimum atomic E-state index is -0.433. The summed E-state index contributed by atoms with van der Waals surface area (Å²) in [5.41, 5.74) is 1.51. The average molecular weight is 469 g/mol. The van der Waals surface area contributed by atoms with Gasteiger partial charge in [-0.25, -0.2) is 9.78 Å². The molecule has 0 spiro atoms. The van der Waals surface area contributed by atoms with Gasteiger partial charge >= 0.3 is 5.97 Å². The Kier molecular flexibility index (Phi) is 5.60. The molecule has 1 atom stereocenters. The summed E-state index contributed by atoms with van der Waals surface area (Å²) in [6.07, 6.45) is 4.86. The minimum Gasteiger partial charge on any atom is -0.454 e. The van der Waals surface area contributed by atoms with Gasteiger partial charge in [0.15, 0.2) is 0 Å². The third-order valence-electron chi connectivity index (χ3n) is 5.39. The van der Waals surface area contributed by atoms with Crippen LogP contribution in [0.15, 0.2) is 39.8 Å². The van der Waals surface area contributed by atoms with Crippen LogP contribution < -0.4 is 5.56 Å². The lowest BCUT2D eigenvalue weighted by molar-refractivity contribution is -0.138. The van der Waals surface area contributed by atoms with E-state index in [2.05, 4.69) is 16.9 Å². The van der Waals surface area contributed by atoms with Crippen molar-refractivity contribution in [3.8, 4) is 0 Å². The Labute approximate surface area is 191 Å². The lowest BCUT2D eigenvalue weighted by atomic mass is 9.89. The van der Waals surface area contributed by atoms with Gasteiger partial charge in [-0.1, -0.05) is 19.1 Å². The Morgan fingerprint density at radius 2 is 2.13 bits per heavy atom. The number of aromatic nitrogens is 2. The van der Waals surface area contributed by atoms with E-state index in [0.29, 0.717) is 22.7 Å². The number of carbonyl (C=O) groups is 1. The Bertz CT molecular complexity index is 1310. The number of aryl methyl sites for hydroxylation is 1. The van der Waals surface area contributed by atoms with E-state index in [1.807, 2.05) is 41.1 Å². The zero-order valence-electron chi connectivity index (χ0n) is 16.8. The molecule has 158 valence electrons. The van der Waals surface area contributed by atoms with Crippen molar-refractivity contribution < 1.29 is 9.53 Å². The molecule has 1 aliphatic rings. The van der Waals surface area contributed by atoms with Gasteiger partial charge in [-0.15, -0.1) is 34.0 Å². The molecule has 4 aromatic rings. The molecule has 0 radical (unpaired) electrons. The smallest absolute Gasteiger partial charge is 0.340 e. The number of fused-ring (bicyclic) bond motifs is 3. The highest BCUT2D eigenvalue weighted by Crippen LogP contribution is 2.35. The topological polar surface area (TPSA) is 72.0 Å². The average Bonchev–Trinajstić information content (AvgIpc) is 3.50. The summed E-state index contributed by atoms with van der Waals surface area (Å²) in [4.78, 5) is 36.9. The molecule has 0 saturated heterocycles. The molecule has 5 rings (SSSR count). The largest absolute Gasteiger partial charge is 0.454 e. The Hall–Kier alpha value is -2.55. The predicted octanol–water partition coefficient (Wildman–Crippen LogP) is 5.52. The number of esters is 1. The standard InChI is InChI=1S/C23H20N2O3S3/c1-13-6-7-15-18(10-13)31-22-20(15)21(26)24-19(25-22)12-28-23(27)16(17-5-3-9-30-17)11-14-4-2-8-29-14/h2-5,8-9,11,13H,6-7,10,12H2,1H3,(H,24,25,26)/b16-11+. The first-order valence-corrected chi connectivity index (χ1v) is 12.7. The van der Waals surface area contributed by atoms with Crippen molar-refractivity contribution >= 4 is 61.8 Å². The molecule has 1 unspecified atom stereocenters. The second kappa shape index (κ2) is 8.53. The number of nitrogens with one attached hydrogen (secondary N) is 1. The first-order valence-electron chi connectivity index (χ1n) is 10.1. The summed E-state index contributed by atoms with van der Waals surface area (Å²) < 4.78 is 5.56. The van der Waals surface area contributed by atoms with E-state index in [4.69, 9.17) is 4.74 Å². The molecule has 31 heavy (non-hydrogen) atoms. The van der Waals surface area contributed by atoms with Gasteiger partial charge in [0.25, 0.3) is 5.56 Å². The maximum Gasteiger partial charge on any atom is 0.340 e.